The SMILES string of the molecule is CCCC(C)N(C)C(=O)c1cc2ccccc2c(NC)n1. The second-order valence-electron chi connectivity index (χ2n) is 5.38. The average Bonchev–Trinajstić information content (AvgIpc) is 2.52. The monoisotopic (exact) mass is 285 g/mol. The van der Waals surface area contributed by atoms with Crippen molar-refractivity contribution in [2.45, 2.75) is 32.7 Å². The summed E-state index contributed by atoms with van der Waals surface area (Å²) in [5.41, 5.74) is 0.489. The van der Waals surface area contributed by atoms with Crippen molar-refractivity contribution in [1.29, 1.82) is 0 Å². The average molecular weight is 285 g/mol. The summed E-state index contributed by atoms with van der Waals surface area (Å²) < 4.78 is 0. The van der Waals surface area contributed by atoms with Gasteiger partial charge in [-0.25, -0.2) is 4.98 Å². The Morgan fingerprint density at radius 1 is 1.38 bits per heavy atom. The van der Waals surface area contributed by atoms with E-state index in [1.165, 1.54) is 0 Å². The van der Waals surface area contributed by atoms with Gasteiger partial charge in [-0.15, -0.1) is 0 Å². The van der Waals surface area contributed by atoms with Gasteiger partial charge >= 0.3 is 0 Å². The van der Waals surface area contributed by atoms with E-state index in [1.807, 2.05) is 44.4 Å². The van der Waals surface area contributed by atoms with E-state index in [0.717, 1.165) is 29.4 Å². The van der Waals surface area contributed by atoms with Crippen LogP contribution in [0.25, 0.3) is 10.8 Å². The highest BCUT2D eigenvalue weighted by Gasteiger charge is 2.19. The van der Waals surface area contributed by atoms with Crippen LogP contribution in [0, 0.1) is 0 Å². The molecule has 1 aromatic carbocycles. The zero-order valence-electron chi connectivity index (χ0n) is 13.2. The van der Waals surface area contributed by atoms with Crippen LogP contribution in [-0.4, -0.2) is 35.9 Å². The fraction of sp³-hybridized carbons (Fsp3) is 0.412. The van der Waals surface area contributed by atoms with Crippen molar-refractivity contribution in [3.05, 3.63) is 36.0 Å². The summed E-state index contributed by atoms with van der Waals surface area (Å²) in [4.78, 5) is 18.9. The van der Waals surface area contributed by atoms with Gasteiger partial charge in [-0.05, 0) is 24.8 Å². The second kappa shape index (κ2) is 6.57. The zero-order valence-corrected chi connectivity index (χ0v) is 13.2. The first-order valence-corrected chi connectivity index (χ1v) is 7.43. The van der Waals surface area contributed by atoms with E-state index in [9.17, 15) is 4.79 Å². The third-order valence-electron chi connectivity index (χ3n) is 3.88. The molecule has 2 rings (SSSR count). The van der Waals surface area contributed by atoms with E-state index in [0.29, 0.717) is 5.69 Å². The van der Waals surface area contributed by atoms with Crippen LogP contribution < -0.4 is 5.32 Å². The third kappa shape index (κ3) is 3.15. The molecule has 0 aliphatic heterocycles. The quantitative estimate of drug-likeness (QED) is 0.914. The molecular formula is C17H23N3O. The highest BCUT2D eigenvalue weighted by Crippen LogP contribution is 2.23. The number of aromatic nitrogens is 1. The smallest absolute Gasteiger partial charge is 0.272 e. The fourth-order valence-corrected chi connectivity index (χ4v) is 2.49. The third-order valence-corrected chi connectivity index (χ3v) is 3.88. The minimum Gasteiger partial charge on any atom is -0.373 e. The molecule has 0 radical (unpaired) electrons. The molecule has 2 aromatic rings. The van der Waals surface area contributed by atoms with Gasteiger partial charge in [0.1, 0.15) is 11.5 Å². The largest absolute Gasteiger partial charge is 0.373 e. The number of pyridine rings is 1. The van der Waals surface area contributed by atoms with Crippen LogP contribution in [0.1, 0.15) is 37.2 Å². The molecule has 1 N–H and O–H groups in total. The Morgan fingerprint density at radius 3 is 2.76 bits per heavy atom. The number of hydrogen-bond acceptors (Lipinski definition) is 3. The number of hydrogen-bond donors (Lipinski definition) is 1. The lowest BCUT2D eigenvalue weighted by Crippen LogP contribution is -2.35. The summed E-state index contributed by atoms with van der Waals surface area (Å²) in [6.45, 7) is 4.20. The topological polar surface area (TPSA) is 45.2 Å². The number of carbonyl (C=O) groups is 1. The Labute approximate surface area is 126 Å². The van der Waals surface area contributed by atoms with Gasteiger partial charge in [0.05, 0.1) is 0 Å². The van der Waals surface area contributed by atoms with Gasteiger partial charge in [0.2, 0.25) is 0 Å². The first-order chi connectivity index (χ1) is 10.1. The molecule has 4 nitrogen and oxygen atoms in total. The molecule has 1 heterocycles. The van der Waals surface area contributed by atoms with Gasteiger partial charge < -0.3 is 10.2 Å². The maximum absolute atomic E-state index is 12.6. The van der Waals surface area contributed by atoms with Crippen molar-refractivity contribution in [3.8, 4) is 0 Å². The molecule has 1 amide bonds. The Morgan fingerprint density at radius 2 is 2.10 bits per heavy atom. The highest BCUT2D eigenvalue weighted by atomic mass is 16.2. The van der Waals surface area contributed by atoms with Crippen molar-refractivity contribution in [1.82, 2.24) is 9.88 Å². The zero-order chi connectivity index (χ0) is 15.4. The maximum atomic E-state index is 12.6. The van der Waals surface area contributed by atoms with Gasteiger partial charge in [0.15, 0.2) is 0 Å². The summed E-state index contributed by atoms with van der Waals surface area (Å²) in [6, 6.07) is 10.0. The van der Waals surface area contributed by atoms with E-state index in [-0.39, 0.29) is 11.9 Å². The van der Waals surface area contributed by atoms with E-state index < -0.39 is 0 Å². The van der Waals surface area contributed by atoms with E-state index in [1.54, 1.807) is 4.90 Å². The van der Waals surface area contributed by atoms with Gasteiger partial charge in [-0.1, -0.05) is 37.6 Å². The van der Waals surface area contributed by atoms with Crippen LogP contribution >= 0.6 is 0 Å². The molecule has 0 saturated heterocycles. The van der Waals surface area contributed by atoms with Gasteiger partial charge in [-0.2, -0.15) is 0 Å². The summed E-state index contributed by atoms with van der Waals surface area (Å²) in [6.07, 6.45) is 2.06. The Balaban J connectivity index is 2.40. The lowest BCUT2D eigenvalue weighted by molar-refractivity contribution is 0.0731. The predicted octanol–water partition coefficient (Wildman–Crippen LogP) is 3.54. The molecule has 0 fully saturated rings. The minimum absolute atomic E-state index is 0.0294. The number of fused-ring (bicyclic) bond motifs is 1. The molecule has 1 aromatic heterocycles. The molecule has 1 atom stereocenters. The number of rotatable bonds is 5. The molecular weight excluding hydrogens is 262 g/mol. The molecule has 21 heavy (non-hydrogen) atoms. The van der Waals surface area contributed by atoms with Crippen LogP contribution in [0.15, 0.2) is 30.3 Å². The molecule has 0 saturated carbocycles. The lowest BCUT2D eigenvalue weighted by Gasteiger charge is -2.24. The normalized spacial score (nSPS) is 12.2. The van der Waals surface area contributed by atoms with Crippen molar-refractivity contribution >= 4 is 22.5 Å². The van der Waals surface area contributed by atoms with Crippen molar-refractivity contribution < 1.29 is 4.79 Å². The van der Waals surface area contributed by atoms with Gasteiger partial charge in [0.25, 0.3) is 5.91 Å². The Bertz CT molecular complexity index is 639. The second-order valence-corrected chi connectivity index (χ2v) is 5.38. The number of nitrogens with zero attached hydrogens (tertiary/aromatic N) is 2. The number of amides is 1. The summed E-state index contributed by atoms with van der Waals surface area (Å²) in [7, 11) is 3.67. The molecule has 0 aliphatic rings. The van der Waals surface area contributed by atoms with Crippen LogP contribution in [-0.2, 0) is 0 Å². The first kappa shape index (κ1) is 15.3. The summed E-state index contributed by atoms with van der Waals surface area (Å²) in [5, 5.41) is 5.13. The van der Waals surface area contributed by atoms with E-state index in [4.69, 9.17) is 0 Å². The van der Waals surface area contributed by atoms with E-state index >= 15 is 0 Å². The van der Waals surface area contributed by atoms with Crippen molar-refractivity contribution in [3.63, 3.8) is 0 Å². The fourth-order valence-electron chi connectivity index (χ4n) is 2.49. The molecule has 0 aliphatic carbocycles. The maximum Gasteiger partial charge on any atom is 0.272 e. The first-order valence-electron chi connectivity index (χ1n) is 7.43. The summed E-state index contributed by atoms with van der Waals surface area (Å²) >= 11 is 0. The van der Waals surface area contributed by atoms with Gasteiger partial charge in [0, 0.05) is 25.5 Å². The standard InChI is InChI=1S/C17H23N3O/c1-5-8-12(2)20(4)17(21)15-11-13-9-6-7-10-14(13)16(18-3)19-15/h6-7,9-12H,5,8H2,1-4H3,(H,18,19). The highest BCUT2D eigenvalue weighted by molar-refractivity contribution is 6.00. The predicted molar refractivity (Wildman–Crippen MR) is 87.8 cm³/mol. The van der Waals surface area contributed by atoms with Crippen molar-refractivity contribution in [2.75, 3.05) is 19.4 Å². The van der Waals surface area contributed by atoms with Crippen LogP contribution in [0.3, 0.4) is 0 Å². The summed E-state index contributed by atoms with van der Waals surface area (Å²) in [5.74, 6) is 0.714. The van der Waals surface area contributed by atoms with Crippen LogP contribution in [0.5, 0.6) is 0 Å². The van der Waals surface area contributed by atoms with E-state index in [2.05, 4.69) is 24.1 Å². The number of benzene rings is 1. The molecule has 1 unspecified atom stereocenters. The number of nitrogens with one attached hydrogen (secondary N) is 1. The number of carbonyl (C=O) groups excluding carboxylic acids is 1. The molecule has 0 spiro atoms. The molecule has 0 bridgehead atoms. The van der Waals surface area contributed by atoms with Crippen LogP contribution in [0.4, 0.5) is 5.82 Å². The van der Waals surface area contributed by atoms with Crippen LogP contribution in [0.2, 0.25) is 0 Å². The Hall–Kier alpha value is -2.10. The molecule has 4 heteroatoms. The minimum atomic E-state index is -0.0294. The Kier molecular flexibility index (Phi) is 4.78. The van der Waals surface area contributed by atoms with Gasteiger partial charge in [-0.3, -0.25) is 4.79 Å². The van der Waals surface area contributed by atoms with Crippen molar-refractivity contribution in [2.24, 2.45) is 0 Å². The lowest BCUT2D eigenvalue weighted by atomic mass is 10.1. The molecule has 112 valence electrons. The number of anilines is 1.